The predicted molar refractivity (Wildman–Crippen MR) is 86.3 cm³/mol. The van der Waals surface area contributed by atoms with Crippen molar-refractivity contribution in [2.45, 2.75) is 11.8 Å². The van der Waals surface area contributed by atoms with Gasteiger partial charge in [0.25, 0.3) is 0 Å². The molecule has 2 aromatic rings. The fraction of sp³-hybridized carbons (Fsp3) is 0.133. The first-order valence-electron chi connectivity index (χ1n) is 6.24. The summed E-state index contributed by atoms with van der Waals surface area (Å²) < 4.78 is 3.29. The average molecular weight is 287 g/mol. The molecule has 0 aliphatic carbocycles. The number of carbonyl (C=O) groups is 1. The van der Waals surface area contributed by atoms with Gasteiger partial charge in [-0.15, -0.1) is 0 Å². The summed E-state index contributed by atoms with van der Waals surface area (Å²) in [6.45, 7) is 2.07. The molecule has 0 radical (unpaired) electrons. The van der Waals surface area contributed by atoms with E-state index in [1.807, 2.05) is 25.2 Å². The Bertz CT molecular complexity index is 584. The van der Waals surface area contributed by atoms with Crippen LogP contribution in [0.15, 0.2) is 47.4 Å². The molecule has 0 saturated carbocycles. The Morgan fingerprint density at radius 2 is 1.80 bits per heavy atom. The van der Waals surface area contributed by atoms with Crippen molar-refractivity contribution in [3.05, 3.63) is 48.0 Å². The Morgan fingerprint density at radius 1 is 1.05 bits per heavy atom. The van der Waals surface area contributed by atoms with Gasteiger partial charge in [-0.05, 0) is 49.2 Å². The smallest absolute Gasteiger partial charge is 0.211 e. The molecule has 0 spiro atoms. The zero-order valence-electron chi connectivity index (χ0n) is 11.4. The first-order chi connectivity index (χ1) is 9.72. The third-order valence-corrected chi connectivity index (χ3v) is 3.66. The number of rotatable bonds is 6. The van der Waals surface area contributed by atoms with Crippen molar-refractivity contribution in [2.24, 2.45) is 0 Å². The summed E-state index contributed by atoms with van der Waals surface area (Å²) in [6.07, 6.45) is 0.671. The Kier molecular flexibility index (Phi) is 4.90. The van der Waals surface area contributed by atoms with Crippen LogP contribution in [0.2, 0.25) is 0 Å². The van der Waals surface area contributed by atoms with Crippen LogP contribution in [0.5, 0.6) is 0 Å². The van der Waals surface area contributed by atoms with E-state index in [-0.39, 0.29) is 0 Å². The summed E-state index contributed by atoms with van der Waals surface area (Å²) >= 11 is 1.55. The van der Waals surface area contributed by atoms with Gasteiger partial charge in [0.05, 0.1) is 11.4 Å². The van der Waals surface area contributed by atoms with Crippen LogP contribution in [0, 0.1) is 6.92 Å². The molecule has 0 aromatic heterocycles. The van der Waals surface area contributed by atoms with Crippen molar-refractivity contribution in [2.75, 3.05) is 22.4 Å². The van der Waals surface area contributed by atoms with E-state index in [0.29, 0.717) is 6.41 Å². The van der Waals surface area contributed by atoms with Gasteiger partial charge in [0, 0.05) is 17.6 Å². The second-order valence-electron chi connectivity index (χ2n) is 4.29. The molecule has 0 bridgehead atoms. The molecule has 2 aromatic carbocycles. The normalized spacial score (nSPS) is 9.90. The highest BCUT2D eigenvalue weighted by Crippen LogP contribution is 2.28. The minimum atomic E-state index is 0.671. The maximum atomic E-state index is 10.5. The van der Waals surface area contributed by atoms with E-state index in [1.165, 1.54) is 5.56 Å². The number of carbonyl (C=O) groups excluding carboxylic acids is 1. The largest absolute Gasteiger partial charge is 0.386 e. The Morgan fingerprint density at radius 3 is 2.45 bits per heavy atom. The fourth-order valence-corrected chi connectivity index (χ4v) is 2.36. The van der Waals surface area contributed by atoms with Gasteiger partial charge in [0.2, 0.25) is 6.41 Å². The Balaban J connectivity index is 2.05. The predicted octanol–water partition coefficient (Wildman–Crippen LogP) is 3.72. The molecule has 0 aliphatic heterocycles. The Hall–Kier alpha value is -2.14. The lowest BCUT2D eigenvalue weighted by Crippen LogP contribution is -2.00. The number of anilines is 3. The average Bonchev–Trinajstić information content (AvgIpc) is 2.48. The number of amides is 1. The van der Waals surface area contributed by atoms with Gasteiger partial charge in [0.1, 0.15) is 0 Å². The van der Waals surface area contributed by atoms with Crippen molar-refractivity contribution >= 4 is 35.4 Å². The molecule has 0 heterocycles. The molecular weight excluding hydrogens is 270 g/mol. The van der Waals surface area contributed by atoms with Gasteiger partial charge in [0.15, 0.2) is 0 Å². The van der Waals surface area contributed by atoms with Crippen molar-refractivity contribution in [3.63, 3.8) is 0 Å². The van der Waals surface area contributed by atoms with Gasteiger partial charge in [-0.3, -0.25) is 4.79 Å². The fourth-order valence-electron chi connectivity index (χ4n) is 1.73. The van der Waals surface area contributed by atoms with Gasteiger partial charge < -0.3 is 15.4 Å². The van der Waals surface area contributed by atoms with Crippen LogP contribution in [0.25, 0.3) is 0 Å². The molecule has 3 N–H and O–H groups in total. The quantitative estimate of drug-likeness (QED) is 0.560. The van der Waals surface area contributed by atoms with Crippen molar-refractivity contribution in [1.82, 2.24) is 0 Å². The van der Waals surface area contributed by atoms with Crippen LogP contribution < -0.4 is 15.4 Å². The summed E-state index contributed by atoms with van der Waals surface area (Å²) in [7, 11) is 1.82. The first kappa shape index (κ1) is 14.3. The van der Waals surface area contributed by atoms with Gasteiger partial charge in [-0.25, -0.2) is 0 Å². The lowest BCUT2D eigenvalue weighted by atomic mass is 10.2. The molecule has 0 saturated heterocycles. The maximum absolute atomic E-state index is 10.5. The number of nitrogens with one attached hydrogen (secondary N) is 3. The summed E-state index contributed by atoms with van der Waals surface area (Å²) in [6, 6.07) is 14.1. The van der Waals surface area contributed by atoms with Gasteiger partial charge in [-0.1, -0.05) is 17.7 Å². The molecule has 4 nitrogen and oxygen atoms in total. The summed E-state index contributed by atoms with van der Waals surface area (Å²) in [5.41, 5.74) is 3.84. The summed E-state index contributed by atoms with van der Waals surface area (Å²) in [5, 5.41) is 5.71. The van der Waals surface area contributed by atoms with Crippen LogP contribution in [0.4, 0.5) is 17.1 Å². The van der Waals surface area contributed by atoms with Crippen molar-refractivity contribution in [3.8, 4) is 0 Å². The van der Waals surface area contributed by atoms with Crippen molar-refractivity contribution < 1.29 is 4.79 Å². The van der Waals surface area contributed by atoms with Crippen LogP contribution in [-0.2, 0) is 4.79 Å². The number of aryl methyl sites for hydroxylation is 1. The van der Waals surface area contributed by atoms with Crippen LogP contribution in [-0.4, -0.2) is 13.5 Å². The highest BCUT2D eigenvalue weighted by atomic mass is 32.2. The number of benzene rings is 2. The minimum Gasteiger partial charge on any atom is -0.386 e. The van der Waals surface area contributed by atoms with E-state index in [0.717, 1.165) is 22.0 Å². The second-order valence-corrected chi connectivity index (χ2v) is 5.17. The van der Waals surface area contributed by atoms with Crippen LogP contribution in [0.1, 0.15) is 5.56 Å². The monoisotopic (exact) mass is 287 g/mol. The summed E-state index contributed by atoms with van der Waals surface area (Å²) in [5.74, 6) is 0. The molecule has 0 unspecified atom stereocenters. The van der Waals surface area contributed by atoms with E-state index in [1.54, 1.807) is 11.9 Å². The van der Waals surface area contributed by atoms with Gasteiger partial charge >= 0.3 is 0 Å². The third-order valence-electron chi connectivity index (χ3n) is 2.81. The van der Waals surface area contributed by atoms with Crippen LogP contribution >= 0.6 is 11.9 Å². The second kappa shape index (κ2) is 6.86. The Labute approximate surface area is 123 Å². The molecule has 0 atom stereocenters. The van der Waals surface area contributed by atoms with Crippen molar-refractivity contribution in [1.29, 1.82) is 0 Å². The molecule has 1 amide bonds. The third kappa shape index (κ3) is 3.68. The lowest BCUT2D eigenvalue weighted by molar-refractivity contribution is -0.105. The minimum absolute atomic E-state index is 0.671. The van der Waals surface area contributed by atoms with E-state index in [2.05, 4.69) is 46.5 Å². The van der Waals surface area contributed by atoms with Gasteiger partial charge in [-0.2, -0.15) is 0 Å². The number of hydrogen-bond donors (Lipinski definition) is 3. The molecule has 0 fully saturated rings. The maximum Gasteiger partial charge on any atom is 0.211 e. The first-order valence-corrected chi connectivity index (χ1v) is 7.06. The molecule has 20 heavy (non-hydrogen) atoms. The standard InChI is InChI=1S/C15H17N3OS/c1-11-3-6-13(7-4-11)20-18-12-5-8-14(17-10-19)15(9-12)16-2/h3-10,16,18H,1-2H3,(H,17,19). The lowest BCUT2D eigenvalue weighted by Gasteiger charge is -2.11. The zero-order valence-corrected chi connectivity index (χ0v) is 12.3. The molecule has 2 rings (SSSR count). The van der Waals surface area contributed by atoms with E-state index < -0.39 is 0 Å². The van der Waals surface area contributed by atoms with E-state index in [4.69, 9.17) is 0 Å². The molecule has 5 heteroatoms. The number of hydrogen-bond acceptors (Lipinski definition) is 4. The molecule has 104 valence electrons. The topological polar surface area (TPSA) is 53.2 Å². The SMILES string of the molecule is CNc1cc(NSc2ccc(C)cc2)ccc1NC=O. The summed E-state index contributed by atoms with van der Waals surface area (Å²) in [4.78, 5) is 11.7. The molecule has 0 aliphatic rings. The van der Waals surface area contributed by atoms with Crippen LogP contribution in [0.3, 0.4) is 0 Å². The zero-order chi connectivity index (χ0) is 14.4. The highest BCUT2D eigenvalue weighted by Gasteiger charge is 2.02. The molecular formula is C15H17N3OS. The highest BCUT2D eigenvalue weighted by molar-refractivity contribution is 8.00. The van der Waals surface area contributed by atoms with E-state index >= 15 is 0 Å². The van der Waals surface area contributed by atoms with E-state index in [9.17, 15) is 4.79 Å².